The van der Waals surface area contributed by atoms with Crippen molar-refractivity contribution in [3.05, 3.63) is 81.5 Å². The van der Waals surface area contributed by atoms with Gasteiger partial charge in [-0.3, -0.25) is 9.59 Å². The first-order valence-corrected chi connectivity index (χ1v) is 11.3. The monoisotopic (exact) mass is 450 g/mol. The molecule has 6 nitrogen and oxygen atoms in total. The van der Waals surface area contributed by atoms with Crippen LogP contribution < -0.4 is 10.1 Å². The van der Waals surface area contributed by atoms with Crippen molar-refractivity contribution < 1.29 is 19.1 Å². The molecule has 1 N–H and O–H groups in total. The third-order valence-corrected chi connectivity index (χ3v) is 6.62. The molecular formula is C25H26N2O4S. The highest BCUT2D eigenvalue weighted by Crippen LogP contribution is 2.44. The summed E-state index contributed by atoms with van der Waals surface area (Å²) < 4.78 is 10.6. The predicted molar refractivity (Wildman–Crippen MR) is 126 cm³/mol. The van der Waals surface area contributed by atoms with Gasteiger partial charge in [-0.15, -0.1) is 11.3 Å². The maximum absolute atomic E-state index is 13.7. The van der Waals surface area contributed by atoms with E-state index >= 15 is 0 Å². The Morgan fingerprint density at radius 2 is 1.97 bits per heavy atom. The number of hydrogen-bond acceptors (Lipinski definition) is 5. The van der Waals surface area contributed by atoms with E-state index in [9.17, 15) is 9.59 Å². The second-order valence-electron chi connectivity index (χ2n) is 7.74. The molecule has 2 unspecified atom stereocenters. The Morgan fingerprint density at radius 3 is 2.69 bits per heavy atom. The van der Waals surface area contributed by atoms with E-state index in [0.717, 1.165) is 16.0 Å². The average molecular weight is 451 g/mol. The Balaban J connectivity index is 1.80. The van der Waals surface area contributed by atoms with Crippen molar-refractivity contribution in [2.24, 2.45) is 0 Å². The fraction of sp³-hybridized carbons (Fsp3) is 0.280. The largest absolute Gasteiger partial charge is 0.497 e. The lowest BCUT2D eigenvalue weighted by atomic mass is 9.80. The van der Waals surface area contributed by atoms with Gasteiger partial charge in [0.25, 0.3) is 5.91 Å². The van der Waals surface area contributed by atoms with E-state index in [-0.39, 0.29) is 11.8 Å². The Morgan fingerprint density at radius 1 is 1.12 bits per heavy atom. The van der Waals surface area contributed by atoms with Gasteiger partial charge < -0.3 is 19.7 Å². The maximum Gasteiger partial charge on any atom is 0.254 e. The molecule has 3 aromatic rings. The molecule has 2 amide bonds. The van der Waals surface area contributed by atoms with Crippen LogP contribution in [0.5, 0.6) is 5.75 Å². The standard InChI is InChI=1S/C25H26N2O4S/c1-16-9-10-19-20(14-16)25(29)27(11-12-30-2)23(21-8-5-13-32-21)22(19)24(28)26-17-6-4-7-18(15-17)31-3/h4-10,13-15,22-23H,11-12H2,1-3H3,(H,26,28). The lowest BCUT2D eigenvalue weighted by Crippen LogP contribution is -2.47. The molecule has 2 heterocycles. The molecular weight excluding hydrogens is 424 g/mol. The van der Waals surface area contributed by atoms with Crippen LogP contribution >= 0.6 is 11.3 Å². The van der Waals surface area contributed by atoms with Crippen molar-refractivity contribution in [1.29, 1.82) is 0 Å². The number of rotatable bonds is 7. The Hall–Kier alpha value is -3.16. The SMILES string of the molecule is COCCN1C(=O)c2cc(C)ccc2C(C(=O)Nc2cccc(OC)c2)C1c1cccs1. The molecule has 0 saturated carbocycles. The lowest BCUT2D eigenvalue weighted by molar-refractivity contribution is -0.119. The average Bonchev–Trinajstić information content (AvgIpc) is 3.33. The topological polar surface area (TPSA) is 67.9 Å². The summed E-state index contributed by atoms with van der Waals surface area (Å²) in [6.45, 7) is 2.73. The summed E-state index contributed by atoms with van der Waals surface area (Å²) in [5.41, 5.74) is 2.94. The van der Waals surface area contributed by atoms with Crippen molar-refractivity contribution in [3.8, 4) is 5.75 Å². The van der Waals surface area contributed by atoms with Crippen LogP contribution in [0.2, 0.25) is 0 Å². The number of carbonyl (C=O) groups excluding carboxylic acids is 2. The van der Waals surface area contributed by atoms with Crippen molar-refractivity contribution >= 4 is 28.8 Å². The predicted octanol–water partition coefficient (Wildman–Crippen LogP) is 4.63. The van der Waals surface area contributed by atoms with Gasteiger partial charge in [-0.25, -0.2) is 0 Å². The highest BCUT2D eigenvalue weighted by atomic mass is 32.1. The normalized spacial score (nSPS) is 17.7. The van der Waals surface area contributed by atoms with Gasteiger partial charge in [0.1, 0.15) is 5.75 Å². The summed E-state index contributed by atoms with van der Waals surface area (Å²) in [7, 11) is 3.20. The Bertz CT molecular complexity index is 1110. The van der Waals surface area contributed by atoms with Crippen LogP contribution in [0.4, 0.5) is 5.69 Å². The summed E-state index contributed by atoms with van der Waals surface area (Å²) in [6, 6.07) is 16.5. The van der Waals surface area contributed by atoms with Gasteiger partial charge in [-0.1, -0.05) is 29.8 Å². The van der Waals surface area contributed by atoms with E-state index in [4.69, 9.17) is 9.47 Å². The van der Waals surface area contributed by atoms with Crippen LogP contribution in [0.3, 0.4) is 0 Å². The highest BCUT2D eigenvalue weighted by molar-refractivity contribution is 7.10. The zero-order valence-corrected chi connectivity index (χ0v) is 19.1. The number of anilines is 1. The number of aryl methyl sites for hydroxylation is 1. The van der Waals surface area contributed by atoms with Crippen LogP contribution in [0.25, 0.3) is 0 Å². The van der Waals surface area contributed by atoms with E-state index < -0.39 is 12.0 Å². The first-order valence-electron chi connectivity index (χ1n) is 10.4. The molecule has 0 fully saturated rings. The van der Waals surface area contributed by atoms with Crippen LogP contribution in [0.15, 0.2) is 60.0 Å². The fourth-order valence-electron chi connectivity index (χ4n) is 4.17. The van der Waals surface area contributed by atoms with Crippen molar-refractivity contribution in [2.45, 2.75) is 18.9 Å². The number of fused-ring (bicyclic) bond motifs is 1. The summed E-state index contributed by atoms with van der Waals surface area (Å²) in [6.07, 6.45) is 0. The van der Waals surface area contributed by atoms with Crippen LogP contribution in [0.1, 0.15) is 38.3 Å². The Labute approximate surface area is 191 Å². The summed E-state index contributed by atoms with van der Waals surface area (Å²) in [5.74, 6) is -0.152. The van der Waals surface area contributed by atoms with E-state index in [1.54, 1.807) is 36.5 Å². The number of thiophene rings is 1. The first kappa shape index (κ1) is 22.0. The van der Waals surface area contributed by atoms with E-state index in [2.05, 4.69) is 5.32 Å². The molecule has 0 aliphatic carbocycles. The number of ether oxygens (including phenoxy) is 2. The van der Waals surface area contributed by atoms with Gasteiger partial charge in [0.2, 0.25) is 5.91 Å². The molecule has 1 aromatic heterocycles. The van der Waals surface area contributed by atoms with Gasteiger partial charge in [-0.2, -0.15) is 0 Å². The molecule has 32 heavy (non-hydrogen) atoms. The number of amides is 2. The minimum absolute atomic E-state index is 0.0791. The van der Waals surface area contributed by atoms with Crippen LogP contribution in [-0.2, 0) is 9.53 Å². The molecule has 0 radical (unpaired) electrons. The van der Waals surface area contributed by atoms with E-state index in [0.29, 0.717) is 30.2 Å². The summed E-state index contributed by atoms with van der Waals surface area (Å²) in [4.78, 5) is 30.0. The molecule has 2 atom stereocenters. The first-order chi connectivity index (χ1) is 15.5. The van der Waals surface area contributed by atoms with Crippen molar-refractivity contribution in [2.75, 3.05) is 32.7 Å². The number of nitrogens with one attached hydrogen (secondary N) is 1. The van der Waals surface area contributed by atoms with Gasteiger partial charge in [0, 0.05) is 35.8 Å². The number of nitrogens with zero attached hydrogens (tertiary/aromatic N) is 1. The quantitative estimate of drug-likeness (QED) is 0.570. The van der Waals surface area contributed by atoms with E-state index in [1.807, 2.05) is 60.8 Å². The smallest absolute Gasteiger partial charge is 0.254 e. The zero-order valence-electron chi connectivity index (χ0n) is 18.3. The molecule has 4 rings (SSSR count). The number of hydrogen-bond donors (Lipinski definition) is 1. The van der Waals surface area contributed by atoms with Gasteiger partial charge in [-0.05, 0) is 42.1 Å². The number of methoxy groups -OCH3 is 2. The van der Waals surface area contributed by atoms with E-state index in [1.165, 1.54) is 0 Å². The van der Waals surface area contributed by atoms with Crippen LogP contribution in [0, 0.1) is 6.92 Å². The lowest BCUT2D eigenvalue weighted by Gasteiger charge is -2.41. The Kier molecular flexibility index (Phi) is 6.58. The second kappa shape index (κ2) is 9.54. The van der Waals surface area contributed by atoms with Gasteiger partial charge >= 0.3 is 0 Å². The van der Waals surface area contributed by atoms with Crippen molar-refractivity contribution in [1.82, 2.24) is 4.90 Å². The van der Waals surface area contributed by atoms with Gasteiger partial charge in [0.05, 0.1) is 25.7 Å². The minimum atomic E-state index is -0.565. The van der Waals surface area contributed by atoms with Crippen LogP contribution in [-0.4, -0.2) is 44.1 Å². The second-order valence-corrected chi connectivity index (χ2v) is 8.72. The fourth-order valence-corrected chi connectivity index (χ4v) is 5.04. The van der Waals surface area contributed by atoms with Crippen molar-refractivity contribution in [3.63, 3.8) is 0 Å². The molecule has 166 valence electrons. The molecule has 2 aromatic carbocycles. The minimum Gasteiger partial charge on any atom is -0.497 e. The molecule has 0 bridgehead atoms. The summed E-state index contributed by atoms with van der Waals surface area (Å²) >= 11 is 1.55. The third-order valence-electron chi connectivity index (χ3n) is 5.68. The summed E-state index contributed by atoms with van der Waals surface area (Å²) in [5, 5.41) is 5.01. The molecule has 1 aliphatic rings. The van der Waals surface area contributed by atoms with Gasteiger partial charge in [0.15, 0.2) is 0 Å². The maximum atomic E-state index is 13.7. The number of carbonyl (C=O) groups is 2. The molecule has 0 saturated heterocycles. The molecule has 0 spiro atoms. The highest BCUT2D eigenvalue weighted by Gasteiger charge is 2.44. The zero-order chi connectivity index (χ0) is 22.7. The third kappa shape index (κ3) is 4.26. The molecule has 7 heteroatoms. The molecule has 1 aliphatic heterocycles. The number of benzene rings is 2.